The van der Waals surface area contributed by atoms with Crippen LogP contribution in [-0.4, -0.2) is 30.7 Å². The van der Waals surface area contributed by atoms with Crippen molar-refractivity contribution in [2.75, 3.05) is 6.61 Å². The lowest BCUT2D eigenvalue weighted by Crippen LogP contribution is -2.04. The van der Waals surface area contributed by atoms with Gasteiger partial charge in [0.1, 0.15) is 0 Å². The van der Waals surface area contributed by atoms with Crippen LogP contribution >= 0.6 is 0 Å². The summed E-state index contributed by atoms with van der Waals surface area (Å²) in [6, 6.07) is 0. The first-order valence-corrected chi connectivity index (χ1v) is 12.2. The van der Waals surface area contributed by atoms with Crippen LogP contribution in [0.1, 0.15) is 110 Å². The van der Waals surface area contributed by atoms with Crippen molar-refractivity contribution in [3.63, 3.8) is 0 Å². The van der Waals surface area contributed by atoms with Crippen molar-refractivity contribution < 1.29 is 27.1 Å². The number of carboxylic acid groups (broad SMARTS) is 1. The van der Waals surface area contributed by atoms with E-state index in [2.05, 4.69) is 17.7 Å². The van der Waals surface area contributed by atoms with Crippen molar-refractivity contribution in [1.29, 1.82) is 0 Å². The minimum absolute atomic E-state index is 0.0945. The molecule has 168 valence electrons. The van der Waals surface area contributed by atoms with Gasteiger partial charge in [0.25, 0.3) is 0 Å². The topological polar surface area (TPSA) is 101 Å². The van der Waals surface area contributed by atoms with Gasteiger partial charge in [-0.2, -0.15) is 8.42 Å². The molecule has 7 heteroatoms. The molecule has 0 aliphatic rings. The summed E-state index contributed by atoms with van der Waals surface area (Å²) >= 11 is 0. The molecular formula is C21H42O6S. The van der Waals surface area contributed by atoms with Gasteiger partial charge < -0.3 is 5.11 Å². The van der Waals surface area contributed by atoms with E-state index in [0.29, 0.717) is 6.42 Å². The molecule has 0 bridgehead atoms. The maximum absolute atomic E-state index is 10.3. The second-order valence-corrected chi connectivity index (χ2v) is 8.19. The number of carbonyl (C=O) groups is 1. The molecule has 0 aliphatic heterocycles. The zero-order valence-electron chi connectivity index (χ0n) is 17.7. The van der Waals surface area contributed by atoms with Gasteiger partial charge in [0, 0.05) is 6.08 Å². The Morgan fingerprint density at radius 1 is 0.786 bits per heavy atom. The predicted octanol–water partition coefficient (Wildman–Crippen LogP) is 6.32. The molecule has 0 rings (SSSR count). The second-order valence-electron chi connectivity index (χ2n) is 7.10. The summed E-state index contributed by atoms with van der Waals surface area (Å²) in [7, 11) is -4.24. The van der Waals surface area contributed by atoms with E-state index in [9.17, 15) is 13.2 Å². The lowest BCUT2D eigenvalue weighted by atomic mass is 10.0. The molecule has 0 atom stereocenters. The maximum atomic E-state index is 10.3. The standard InChI is InChI=1S/C18H38O4S.C3H4O2/c1-2-3-4-5-6-7-8-9-10-11-12-13-14-15-16-17-18-22-23(19,20)21;1-2-3(4)5/h2-18H2,1H3,(H,19,20,21);2H,1H2,(H,4,5). The summed E-state index contributed by atoms with van der Waals surface area (Å²) in [6.45, 7) is 5.32. The van der Waals surface area contributed by atoms with E-state index >= 15 is 0 Å². The highest BCUT2D eigenvalue weighted by Gasteiger charge is 2.02. The molecule has 0 heterocycles. The Morgan fingerprint density at radius 3 is 1.32 bits per heavy atom. The van der Waals surface area contributed by atoms with Crippen molar-refractivity contribution >= 4 is 16.4 Å². The smallest absolute Gasteiger partial charge is 0.397 e. The zero-order chi connectivity index (χ0) is 21.5. The summed E-state index contributed by atoms with van der Waals surface area (Å²) < 4.78 is 33.3. The molecule has 0 amide bonds. The third kappa shape index (κ3) is 32.7. The molecule has 0 fully saturated rings. The summed E-state index contributed by atoms with van der Waals surface area (Å²) in [4.78, 5) is 9.25. The van der Waals surface area contributed by atoms with Crippen molar-refractivity contribution in [2.45, 2.75) is 110 Å². The fourth-order valence-corrected chi connectivity index (χ4v) is 3.14. The van der Waals surface area contributed by atoms with E-state index in [1.54, 1.807) is 0 Å². The monoisotopic (exact) mass is 422 g/mol. The van der Waals surface area contributed by atoms with Crippen LogP contribution in [0.2, 0.25) is 0 Å². The first-order valence-electron chi connectivity index (χ1n) is 10.8. The number of unbranched alkanes of at least 4 members (excludes halogenated alkanes) is 15. The third-order valence-corrected chi connectivity index (χ3v) is 4.87. The molecule has 0 aromatic heterocycles. The van der Waals surface area contributed by atoms with Crippen LogP contribution in [0.5, 0.6) is 0 Å². The van der Waals surface area contributed by atoms with Crippen LogP contribution in [0, 0.1) is 0 Å². The summed E-state index contributed by atoms with van der Waals surface area (Å²) in [5.74, 6) is -0.981. The lowest BCUT2D eigenvalue weighted by Gasteiger charge is -2.03. The molecule has 0 spiro atoms. The van der Waals surface area contributed by atoms with Gasteiger partial charge in [-0.1, -0.05) is 110 Å². The molecule has 2 N–H and O–H groups in total. The predicted molar refractivity (Wildman–Crippen MR) is 115 cm³/mol. The minimum atomic E-state index is -4.24. The number of hydrogen-bond donors (Lipinski definition) is 2. The Hall–Kier alpha value is -0.920. The highest BCUT2D eigenvalue weighted by Crippen LogP contribution is 2.13. The van der Waals surface area contributed by atoms with Gasteiger partial charge in [0.2, 0.25) is 0 Å². The van der Waals surface area contributed by atoms with E-state index < -0.39 is 16.4 Å². The SMILES string of the molecule is C=CC(=O)O.CCCCCCCCCCCCCCCCCCOS(=O)(=O)O. The van der Waals surface area contributed by atoms with Gasteiger partial charge in [-0.15, -0.1) is 0 Å². The van der Waals surface area contributed by atoms with E-state index in [1.807, 2.05) is 0 Å². The van der Waals surface area contributed by atoms with Gasteiger partial charge >= 0.3 is 16.4 Å². The molecule has 0 unspecified atom stereocenters. The third-order valence-electron chi connectivity index (χ3n) is 4.40. The van der Waals surface area contributed by atoms with Gasteiger partial charge in [-0.25, -0.2) is 8.98 Å². The van der Waals surface area contributed by atoms with Gasteiger partial charge in [0.15, 0.2) is 0 Å². The van der Waals surface area contributed by atoms with Crippen molar-refractivity contribution in [1.82, 2.24) is 0 Å². The number of rotatable bonds is 19. The minimum Gasteiger partial charge on any atom is -0.478 e. The molecule has 0 radical (unpaired) electrons. The number of carboxylic acids is 1. The highest BCUT2D eigenvalue weighted by molar-refractivity contribution is 7.80. The summed E-state index contributed by atoms with van der Waals surface area (Å²) in [5, 5.41) is 7.60. The quantitative estimate of drug-likeness (QED) is 0.143. The molecular weight excluding hydrogens is 380 g/mol. The molecule has 0 aliphatic carbocycles. The van der Waals surface area contributed by atoms with Crippen molar-refractivity contribution in [3.8, 4) is 0 Å². The Bertz CT molecular complexity index is 448. The van der Waals surface area contributed by atoms with Gasteiger partial charge in [-0.05, 0) is 6.42 Å². The van der Waals surface area contributed by atoms with Crippen molar-refractivity contribution in [3.05, 3.63) is 12.7 Å². The largest absolute Gasteiger partial charge is 0.478 e. The zero-order valence-corrected chi connectivity index (χ0v) is 18.6. The Morgan fingerprint density at radius 2 is 1.07 bits per heavy atom. The normalized spacial score (nSPS) is 10.9. The molecule has 6 nitrogen and oxygen atoms in total. The van der Waals surface area contributed by atoms with Crippen LogP contribution in [0.3, 0.4) is 0 Å². The molecule has 0 saturated carbocycles. The number of hydrogen-bond acceptors (Lipinski definition) is 4. The van der Waals surface area contributed by atoms with Crippen LogP contribution in [-0.2, 0) is 19.4 Å². The van der Waals surface area contributed by atoms with E-state index in [4.69, 9.17) is 9.66 Å². The Balaban J connectivity index is 0. The van der Waals surface area contributed by atoms with Crippen LogP contribution in [0.15, 0.2) is 12.7 Å². The van der Waals surface area contributed by atoms with Crippen LogP contribution in [0.4, 0.5) is 0 Å². The number of aliphatic carboxylic acids is 1. The maximum Gasteiger partial charge on any atom is 0.397 e. The van der Waals surface area contributed by atoms with Crippen molar-refractivity contribution in [2.24, 2.45) is 0 Å². The average Bonchev–Trinajstić information content (AvgIpc) is 2.64. The highest BCUT2D eigenvalue weighted by atomic mass is 32.3. The van der Waals surface area contributed by atoms with E-state index in [-0.39, 0.29) is 6.61 Å². The first kappa shape index (κ1) is 29.3. The fraction of sp³-hybridized carbons (Fsp3) is 0.857. The lowest BCUT2D eigenvalue weighted by molar-refractivity contribution is -0.131. The molecule has 28 heavy (non-hydrogen) atoms. The van der Waals surface area contributed by atoms with E-state index in [1.165, 1.54) is 83.5 Å². The first-order chi connectivity index (χ1) is 13.3. The molecule has 0 aromatic carbocycles. The van der Waals surface area contributed by atoms with Gasteiger partial charge in [-0.3, -0.25) is 4.55 Å². The summed E-state index contributed by atoms with van der Waals surface area (Å²) in [6.07, 6.45) is 21.3. The van der Waals surface area contributed by atoms with Crippen LogP contribution < -0.4 is 0 Å². The average molecular weight is 423 g/mol. The van der Waals surface area contributed by atoms with Crippen LogP contribution in [0.25, 0.3) is 0 Å². The second kappa shape index (κ2) is 22.4. The Labute approximate surface area is 172 Å². The van der Waals surface area contributed by atoms with Gasteiger partial charge in [0.05, 0.1) is 6.61 Å². The summed E-state index contributed by atoms with van der Waals surface area (Å²) in [5.41, 5.74) is 0. The van der Waals surface area contributed by atoms with E-state index in [0.717, 1.165) is 18.9 Å². The molecule has 0 aromatic rings. The fourth-order valence-electron chi connectivity index (χ4n) is 2.81. The Kier molecular flexibility index (Phi) is 23.4. The molecule has 0 saturated heterocycles.